The van der Waals surface area contributed by atoms with Crippen LogP contribution in [-0.4, -0.2) is 14.9 Å². The Morgan fingerprint density at radius 1 is 1.06 bits per heavy atom. The molecule has 1 heterocycles. The van der Waals surface area contributed by atoms with E-state index < -0.39 is 0 Å². The Labute approximate surface area is 107 Å². The van der Waals surface area contributed by atoms with Crippen LogP contribution in [0.3, 0.4) is 0 Å². The third kappa shape index (κ3) is 1.98. The Hall–Kier alpha value is -1.28. The zero-order chi connectivity index (χ0) is 11.8. The lowest BCUT2D eigenvalue weighted by molar-refractivity contribution is 0.454. The highest BCUT2D eigenvalue weighted by Crippen LogP contribution is 2.46. The molecule has 0 amide bonds. The molecular formula is C13H9B2OS. The van der Waals surface area contributed by atoms with E-state index in [1.807, 2.05) is 24.3 Å². The van der Waals surface area contributed by atoms with E-state index in [-0.39, 0.29) is 0 Å². The van der Waals surface area contributed by atoms with Crippen molar-refractivity contribution in [1.82, 2.24) is 0 Å². The van der Waals surface area contributed by atoms with Gasteiger partial charge in [-0.25, -0.2) is 0 Å². The molecule has 1 aliphatic rings. The van der Waals surface area contributed by atoms with Gasteiger partial charge in [0.15, 0.2) is 0 Å². The van der Waals surface area contributed by atoms with Crippen LogP contribution in [0.1, 0.15) is 5.56 Å². The molecule has 0 N–H and O–H groups in total. The van der Waals surface area contributed by atoms with Gasteiger partial charge in [0.1, 0.15) is 11.5 Å². The van der Waals surface area contributed by atoms with Gasteiger partial charge in [-0.2, -0.15) is 0 Å². The smallest absolute Gasteiger partial charge is 0.141 e. The first kappa shape index (κ1) is 10.8. The molecule has 3 radical (unpaired) electrons. The summed E-state index contributed by atoms with van der Waals surface area (Å²) in [5.74, 6) is 1.83. The first-order chi connectivity index (χ1) is 8.26. The Bertz CT molecular complexity index is 584. The molecule has 1 nitrogen and oxygen atoms in total. The minimum atomic E-state index is 0.900. The monoisotopic (exact) mass is 235 g/mol. The van der Waals surface area contributed by atoms with Gasteiger partial charge in [0, 0.05) is 7.74 Å². The molecule has 2 aromatic rings. The van der Waals surface area contributed by atoms with Crippen molar-refractivity contribution >= 4 is 32.1 Å². The van der Waals surface area contributed by atoms with Crippen LogP contribution in [0.5, 0.6) is 11.5 Å². The molecule has 2 aromatic carbocycles. The first-order valence-electron chi connectivity index (χ1n) is 5.41. The van der Waals surface area contributed by atoms with Gasteiger partial charge in [0.05, 0.1) is 17.0 Å². The summed E-state index contributed by atoms with van der Waals surface area (Å²) in [6.45, 7) is 2.08. The molecule has 0 saturated carbocycles. The molecule has 1 aliphatic heterocycles. The molecule has 17 heavy (non-hydrogen) atoms. The van der Waals surface area contributed by atoms with Crippen molar-refractivity contribution in [3.8, 4) is 11.5 Å². The van der Waals surface area contributed by atoms with Crippen LogP contribution in [0.2, 0.25) is 0 Å². The molecule has 0 atom stereocenters. The van der Waals surface area contributed by atoms with Crippen molar-refractivity contribution in [1.29, 1.82) is 0 Å². The van der Waals surface area contributed by atoms with Gasteiger partial charge in [0.2, 0.25) is 0 Å². The maximum atomic E-state index is 5.86. The molecule has 0 saturated heterocycles. The normalized spacial score (nSPS) is 12.3. The minimum absolute atomic E-state index is 0.900. The maximum absolute atomic E-state index is 5.86. The van der Waals surface area contributed by atoms with Crippen molar-refractivity contribution in [3.63, 3.8) is 0 Å². The molecule has 3 rings (SSSR count). The number of rotatable bonds is 1. The summed E-state index contributed by atoms with van der Waals surface area (Å²) in [4.78, 5) is 2.27. The Balaban J connectivity index is 2.05. The standard InChI is InChI=1S/C13H9B2OS/c1-8-2-4-10-12(6-8)17-13-7-9(15-14)3-5-11(13)16-10/h2-7H,1H3. The molecule has 0 aliphatic carbocycles. The van der Waals surface area contributed by atoms with Crippen LogP contribution >= 0.6 is 11.8 Å². The number of hydrogen-bond acceptors (Lipinski definition) is 2. The van der Waals surface area contributed by atoms with Crippen LogP contribution in [0.15, 0.2) is 46.2 Å². The van der Waals surface area contributed by atoms with E-state index in [1.165, 1.54) is 5.56 Å². The largest absolute Gasteiger partial charge is 0.455 e. The van der Waals surface area contributed by atoms with Crippen molar-refractivity contribution in [3.05, 3.63) is 42.0 Å². The summed E-state index contributed by atoms with van der Waals surface area (Å²) in [5.41, 5.74) is 2.25. The molecule has 0 aromatic heterocycles. The Morgan fingerprint density at radius 3 is 2.53 bits per heavy atom. The van der Waals surface area contributed by atoms with Gasteiger partial charge in [-0.1, -0.05) is 35.4 Å². The van der Waals surface area contributed by atoms with Crippen LogP contribution in [-0.2, 0) is 0 Å². The third-order valence-corrected chi connectivity index (χ3v) is 3.78. The summed E-state index contributed by atoms with van der Waals surface area (Å²) in [6.07, 6.45) is 0. The first-order valence-corrected chi connectivity index (χ1v) is 6.23. The molecule has 0 unspecified atom stereocenters. The quantitative estimate of drug-likeness (QED) is 0.599. The summed E-state index contributed by atoms with van der Waals surface area (Å²) in [6, 6.07) is 12.2. The van der Waals surface area contributed by atoms with E-state index >= 15 is 0 Å². The lowest BCUT2D eigenvalue weighted by atomic mass is 9.51. The van der Waals surface area contributed by atoms with E-state index in [9.17, 15) is 0 Å². The number of ether oxygens (including phenoxy) is 1. The second kappa shape index (κ2) is 4.19. The van der Waals surface area contributed by atoms with E-state index in [0.29, 0.717) is 0 Å². The van der Waals surface area contributed by atoms with Crippen LogP contribution in [0.25, 0.3) is 0 Å². The molecule has 0 spiro atoms. The number of fused-ring (bicyclic) bond motifs is 2. The predicted molar refractivity (Wildman–Crippen MR) is 73.0 cm³/mol. The van der Waals surface area contributed by atoms with Gasteiger partial charge < -0.3 is 4.74 Å². The zero-order valence-electron chi connectivity index (χ0n) is 9.44. The number of hydrogen-bond donors (Lipinski definition) is 0. The predicted octanol–water partition coefficient (Wildman–Crippen LogP) is 2.66. The lowest BCUT2D eigenvalue weighted by Gasteiger charge is -2.20. The molecule has 0 fully saturated rings. The number of benzene rings is 2. The average Bonchev–Trinajstić information content (AvgIpc) is 2.35. The third-order valence-electron chi connectivity index (χ3n) is 2.70. The second-order valence-electron chi connectivity index (χ2n) is 4.03. The van der Waals surface area contributed by atoms with Gasteiger partial charge in [-0.15, -0.1) is 0 Å². The SMILES string of the molecule is [B][B]c1ccc2c(c1)Sc1cc(C)ccc1O2. The van der Waals surface area contributed by atoms with Gasteiger partial charge in [0.25, 0.3) is 0 Å². The highest BCUT2D eigenvalue weighted by molar-refractivity contribution is 7.99. The molecule has 0 bridgehead atoms. The fourth-order valence-electron chi connectivity index (χ4n) is 1.81. The van der Waals surface area contributed by atoms with Crippen molar-refractivity contribution < 1.29 is 4.74 Å². The van der Waals surface area contributed by atoms with Crippen molar-refractivity contribution in [2.75, 3.05) is 0 Å². The van der Waals surface area contributed by atoms with Crippen LogP contribution < -0.4 is 10.2 Å². The fraction of sp³-hybridized carbons (Fsp3) is 0.0769. The van der Waals surface area contributed by atoms with Crippen molar-refractivity contribution in [2.24, 2.45) is 0 Å². The van der Waals surface area contributed by atoms with Crippen LogP contribution in [0.4, 0.5) is 0 Å². The van der Waals surface area contributed by atoms with Gasteiger partial charge >= 0.3 is 0 Å². The van der Waals surface area contributed by atoms with E-state index in [0.717, 1.165) is 26.8 Å². The Morgan fingerprint density at radius 2 is 1.76 bits per heavy atom. The highest BCUT2D eigenvalue weighted by Gasteiger charge is 2.17. The summed E-state index contributed by atoms with van der Waals surface area (Å²) < 4.78 is 5.86. The minimum Gasteiger partial charge on any atom is -0.455 e. The average molecular weight is 235 g/mol. The molecule has 79 valence electrons. The van der Waals surface area contributed by atoms with E-state index in [4.69, 9.17) is 12.5 Å². The Kier molecular flexibility index (Phi) is 2.67. The molecular weight excluding hydrogens is 226 g/mol. The van der Waals surface area contributed by atoms with Gasteiger partial charge in [-0.05, 0) is 30.7 Å². The van der Waals surface area contributed by atoms with E-state index in [1.54, 1.807) is 18.9 Å². The maximum Gasteiger partial charge on any atom is 0.141 e. The summed E-state index contributed by atoms with van der Waals surface area (Å²) >= 11 is 1.73. The highest BCUT2D eigenvalue weighted by atomic mass is 32.2. The van der Waals surface area contributed by atoms with E-state index in [2.05, 4.69) is 19.1 Å². The zero-order valence-corrected chi connectivity index (χ0v) is 10.3. The lowest BCUT2D eigenvalue weighted by Crippen LogP contribution is -2.14. The van der Waals surface area contributed by atoms with Gasteiger partial charge in [-0.3, -0.25) is 0 Å². The summed E-state index contributed by atoms with van der Waals surface area (Å²) in [7, 11) is 7.13. The summed E-state index contributed by atoms with van der Waals surface area (Å²) in [5, 5.41) is 0. The van der Waals surface area contributed by atoms with Crippen molar-refractivity contribution in [2.45, 2.75) is 16.7 Å². The fourth-order valence-corrected chi connectivity index (χ4v) is 2.91. The number of aryl methyl sites for hydroxylation is 1. The topological polar surface area (TPSA) is 9.23 Å². The second-order valence-corrected chi connectivity index (χ2v) is 5.11. The molecule has 4 heteroatoms. The van der Waals surface area contributed by atoms with Crippen LogP contribution in [0, 0.1) is 6.92 Å².